The lowest BCUT2D eigenvalue weighted by Crippen LogP contribution is -2.23. The first-order valence-corrected chi connectivity index (χ1v) is 17.8. The molecule has 0 fully saturated rings. The van der Waals surface area contributed by atoms with E-state index in [4.69, 9.17) is 37.9 Å². The number of hydrogen-bond acceptors (Lipinski definition) is 11. The van der Waals surface area contributed by atoms with Crippen molar-refractivity contribution in [2.24, 2.45) is 0 Å². The highest BCUT2D eigenvalue weighted by molar-refractivity contribution is 5.84. The van der Waals surface area contributed by atoms with Gasteiger partial charge in [0.15, 0.2) is 11.5 Å². The summed E-state index contributed by atoms with van der Waals surface area (Å²) in [6.45, 7) is 0.279. The topological polar surface area (TPSA) is 125 Å². The second kappa shape index (κ2) is 20.3. The molecule has 4 heterocycles. The third-order valence-corrected chi connectivity index (χ3v) is 8.81. The van der Waals surface area contributed by atoms with Crippen molar-refractivity contribution in [1.82, 2.24) is 0 Å². The van der Waals surface area contributed by atoms with Crippen molar-refractivity contribution in [3.63, 3.8) is 0 Å². The van der Waals surface area contributed by atoms with Crippen molar-refractivity contribution in [3.05, 3.63) is 137 Å². The van der Waals surface area contributed by atoms with Crippen LogP contribution in [0, 0.1) is 0 Å². The maximum Gasteiger partial charge on any atom is 0.334 e. The average molecular weight is 739 g/mol. The molecule has 0 amide bonds. The van der Waals surface area contributed by atoms with Gasteiger partial charge in [-0.05, 0) is 60.6 Å². The molecule has 0 saturated heterocycles. The molecule has 0 bridgehead atoms. The molecule has 7 rings (SSSR count). The van der Waals surface area contributed by atoms with Crippen LogP contribution in [-0.4, -0.2) is 64.3 Å². The molecule has 0 unspecified atom stereocenters. The summed E-state index contributed by atoms with van der Waals surface area (Å²) in [5.74, 6) is 2.62. The minimum Gasteiger partial charge on any atom is -0.501 e. The maximum absolute atomic E-state index is 11.4. The lowest BCUT2D eigenvalue weighted by Gasteiger charge is -2.22. The molecule has 3 aromatic rings. The Balaban J connectivity index is 0.000000157. The summed E-state index contributed by atoms with van der Waals surface area (Å²) < 4.78 is 41.6. The Labute approximate surface area is 315 Å². The zero-order valence-corrected chi connectivity index (χ0v) is 30.8. The predicted octanol–water partition coefficient (Wildman–Crippen LogP) is 7.20. The number of carbonyl (C=O) groups excluding carboxylic acids is 3. The Morgan fingerprint density at radius 2 is 1.11 bits per heavy atom. The van der Waals surface area contributed by atoms with Crippen LogP contribution < -0.4 is 9.47 Å². The van der Waals surface area contributed by atoms with Crippen molar-refractivity contribution < 1.29 is 52.3 Å². The smallest absolute Gasteiger partial charge is 0.334 e. The van der Waals surface area contributed by atoms with Gasteiger partial charge in [-0.2, -0.15) is 0 Å². The Kier molecular flexibility index (Phi) is 14.8. The number of aryl methyl sites for hydroxylation is 2. The summed E-state index contributed by atoms with van der Waals surface area (Å²) in [6.07, 6.45) is 12.8. The van der Waals surface area contributed by atoms with Crippen molar-refractivity contribution in [3.8, 4) is 11.5 Å². The van der Waals surface area contributed by atoms with Crippen molar-refractivity contribution in [2.45, 2.75) is 63.3 Å². The molecule has 284 valence electrons. The number of fused-ring (bicyclic) bond motifs is 1. The highest BCUT2D eigenvalue weighted by Gasteiger charge is 2.24. The molecule has 3 aromatic carbocycles. The molecule has 4 aliphatic heterocycles. The monoisotopic (exact) mass is 738 g/mol. The quantitative estimate of drug-likeness (QED) is 0.146. The zero-order chi connectivity index (χ0) is 38.1. The second-order valence-electron chi connectivity index (χ2n) is 12.7. The molecule has 0 saturated carbocycles. The molecular formula is C43H46O11. The number of carbonyl (C=O) groups is 3. The summed E-state index contributed by atoms with van der Waals surface area (Å²) >= 11 is 0. The lowest BCUT2D eigenvalue weighted by molar-refractivity contribution is -0.146. The summed E-state index contributed by atoms with van der Waals surface area (Å²) in [7, 11) is 4.71. The van der Waals surface area contributed by atoms with E-state index in [1.54, 1.807) is 21.3 Å². The third kappa shape index (κ3) is 12.6. The fraction of sp³-hybridized carbons (Fsp3) is 0.326. The zero-order valence-electron chi connectivity index (χ0n) is 30.8. The van der Waals surface area contributed by atoms with Crippen LogP contribution in [0.5, 0.6) is 11.5 Å². The largest absolute Gasteiger partial charge is 0.501 e. The van der Waals surface area contributed by atoms with E-state index in [2.05, 4.69) is 12.1 Å². The van der Waals surface area contributed by atoms with Crippen LogP contribution in [0.2, 0.25) is 0 Å². The number of hydrogen-bond donors (Lipinski definition) is 0. The van der Waals surface area contributed by atoms with Gasteiger partial charge in [0.25, 0.3) is 0 Å². The Morgan fingerprint density at radius 1 is 0.593 bits per heavy atom. The summed E-state index contributed by atoms with van der Waals surface area (Å²) in [5.41, 5.74) is 3.48. The van der Waals surface area contributed by atoms with Crippen LogP contribution in [0.15, 0.2) is 120 Å². The molecule has 11 nitrogen and oxygen atoms in total. The van der Waals surface area contributed by atoms with Gasteiger partial charge in [0, 0.05) is 19.3 Å². The van der Waals surface area contributed by atoms with E-state index in [1.165, 1.54) is 23.8 Å². The molecule has 0 spiro atoms. The van der Waals surface area contributed by atoms with Crippen LogP contribution in [0.3, 0.4) is 0 Å². The Bertz CT molecular complexity index is 1830. The first-order valence-electron chi connectivity index (χ1n) is 17.8. The van der Waals surface area contributed by atoms with E-state index in [0.29, 0.717) is 36.5 Å². The molecule has 0 aromatic heterocycles. The fourth-order valence-electron chi connectivity index (χ4n) is 5.96. The first kappa shape index (κ1) is 39.2. The van der Waals surface area contributed by atoms with Crippen LogP contribution in [-0.2, 0) is 55.6 Å². The normalized spacial score (nSPS) is 19.9. The van der Waals surface area contributed by atoms with Crippen LogP contribution >= 0.6 is 0 Å². The first-order chi connectivity index (χ1) is 26.3. The summed E-state index contributed by atoms with van der Waals surface area (Å²) in [6, 6.07) is 26.0. The van der Waals surface area contributed by atoms with Gasteiger partial charge in [0.05, 0.1) is 39.6 Å². The average Bonchev–Trinajstić information content (AvgIpc) is 3.67. The van der Waals surface area contributed by atoms with Gasteiger partial charge in [-0.3, -0.25) is 0 Å². The lowest BCUT2D eigenvalue weighted by atomic mass is 10.0. The maximum atomic E-state index is 11.4. The van der Waals surface area contributed by atoms with Gasteiger partial charge >= 0.3 is 17.9 Å². The van der Waals surface area contributed by atoms with Gasteiger partial charge < -0.3 is 37.9 Å². The van der Waals surface area contributed by atoms with E-state index in [1.807, 2.05) is 78.9 Å². The van der Waals surface area contributed by atoms with E-state index in [-0.39, 0.29) is 43.0 Å². The van der Waals surface area contributed by atoms with Crippen LogP contribution in [0.1, 0.15) is 48.8 Å². The van der Waals surface area contributed by atoms with Crippen LogP contribution in [0.4, 0.5) is 0 Å². The Morgan fingerprint density at radius 3 is 1.70 bits per heavy atom. The van der Waals surface area contributed by atoms with Gasteiger partial charge in [0.2, 0.25) is 6.79 Å². The highest BCUT2D eigenvalue weighted by atomic mass is 16.7. The highest BCUT2D eigenvalue weighted by Crippen LogP contribution is 2.33. The molecule has 3 atom stereocenters. The molecule has 11 heteroatoms. The number of methoxy groups -OCH3 is 3. The molecular weight excluding hydrogens is 692 g/mol. The van der Waals surface area contributed by atoms with Gasteiger partial charge in [-0.25, -0.2) is 14.4 Å². The van der Waals surface area contributed by atoms with Crippen molar-refractivity contribution >= 4 is 24.0 Å². The van der Waals surface area contributed by atoms with E-state index >= 15 is 0 Å². The molecule has 0 N–H and O–H groups in total. The SMILES string of the molecule is COC1=CC(=O)O[C@@H](/C=C/c2ccccc2)C1.COC1=CC(=O)O[C@@H](CCc2ccc3c(c2)OCO3)C1.COC1=CC(=O)O[C@@H](CCc2ccccc2)C1. The number of rotatable bonds is 11. The minimum atomic E-state index is -0.351. The minimum absolute atomic E-state index is 0.0670. The fourth-order valence-corrected chi connectivity index (χ4v) is 5.96. The van der Waals surface area contributed by atoms with Gasteiger partial charge in [0.1, 0.15) is 35.6 Å². The van der Waals surface area contributed by atoms with E-state index < -0.39 is 0 Å². The Hall–Kier alpha value is -5.97. The predicted molar refractivity (Wildman–Crippen MR) is 200 cm³/mol. The number of ether oxygens (including phenoxy) is 8. The number of benzene rings is 3. The van der Waals surface area contributed by atoms with Gasteiger partial charge in [-0.1, -0.05) is 72.8 Å². The molecule has 54 heavy (non-hydrogen) atoms. The van der Waals surface area contributed by atoms with Crippen molar-refractivity contribution in [2.75, 3.05) is 28.1 Å². The van der Waals surface area contributed by atoms with E-state index in [0.717, 1.165) is 48.3 Å². The van der Waals surface area contributed by atoms with Crippen molar-refractivity contribution in [1.29, 1.82) is 0 Å². The summed E-state index contributed by atoms with van der Waals surface area (Å²) in [4.78, 5) is 33.9. The molecule has 4 aliphatic rings. The van der Waals surface area contributed by atoms with Crippen LogP contribution in [0.25, 0.3) is 6.08 Å². The van der Waals surface area contributed by atoms with E-state index in [9.17, 15) is 14.4 Å². The molecule has 0 aliphatic carbocycles. The third-order valence-electron chi connectivity index (χ3n) is 8.81. The molecule has 0 radical (unpaired) electrons. The number of esters is 3. The standard InChI is InChI=1S/C15H16O5.C14H16O3.C14H14O3/c1-17-12-7-11(20-15(16)8-12)4-2-10-3-5-13-14(6-10)19-9-18-13;2*1-16-13-9-12(17-14(15)10-13)8-7-11-5-3-2-4-6-11/h3,5-6,8,11H,2,4,7,9H2,1H3;2-6,10,12H,7-9H2,1H3;2-8,10,12H,9H2,1H3/b;;8-7+/t11-;2*12-/m000/s1. The summed E-state index contributed by atoms with van der Waals surface area (Å²) in [5, 5.41) is 0. The van der Waals surface area contributed by atoms with Gasteiger partial charge in [-0.15, -0.1) is 0 Å². The second-order valence-corrected chi connectivity index (χ2v) is 12.7. The number of cyclic esters (lactones) is 3.